The van der Waals surface area contributed by atoms with Gasteiger partial charge in [0, 0.05) is 5.56 Å². The number of hydrogen-bond acceptors (Lipinski definition) is 6. The number of aryl methyl sites for hydroxylation is 1. The molecule has 0 bridgehead atoms. The van der Waals surface area contributed by atoms with Gasteiger partial charge in [0.25, 0.3) is 5.91 Å². The highest BCUT2D eigenvalue weighted by molar-refractivity contribution is 7.17. The highest BCUT2D eigenvalue weighted by atomic mass is 32.1. The van der Waals surface area contributed by atoms with E-state index < -0.39 is 0 Å². The van der Waals surface area contributed by atoms with Gasteiger partial charge < -0.3 is 19.5 Å². The summed E-state index contributed by atoms with van der Waals surface area (Å²) >= 11 is 1.39. The van der Waals surface area contributed by atoms with E-state index in [-0.39, 0.29) is 11.9 Å². The number of benzene rings is 2. The van der Waals surface area contributed by atoms with Crippen molar-refractivity contribution in [3.63, 3.8) is 0 Å². The molecule has 2 aromatic carbocycles. The highest BCUT2D eigenvalue weighted by Crippen LogP contribution is 2.39. The summed E-state index contributed by atoms with van der Waals surface area (Å²) in [6.45, 7) is 3.76. The number of hydrogen-bond donors (Lipinski definition) is 1. The standard InChI is InChI=1S/C22H24N2O4S/c1-13(16-11-17(26-3)19(28-5)18(12-16)27-4)23-21(25)20-14(2)24-22(29-20)15-9-7-6-8-10-15/h6-13H,1-5H3,(H,23,25). The van der Waals surface area contributed by atoms with Gasteiger partial charge in [-0.3, -0.25) is 4.79 Å². The second-order valence-electron chi connectivity index (χ2n) is 6.45. The highest BCUT2D eigenvalue weighted by Gasteiger charge is 2.21. The number of nitrogens with zero attached hydrogens (tertiary/aromatic N) is 1. The molecular weight excluding hydrogens is 388 g/mol. The van der Waals surface area contributed by atoms with Crippen LogP contribution in [0.15, 0.2) is 42.5 Å². The lowest BCUT2D eigenvalue weighted by atomic mass is 10.1. The van der Waals surface area contributed by atoms with E-state index in [0.717, 1.165) is 16.1 Å². The Morgan fingerprint density at radius 1 is 1.03 bits per heavy atom. The molecule has 6 nitrogen and oxygen atoms in total. The molecule has 1 atom stereocenters. The molecule has 0 spiro atoms. The fraction of sp³-hybridized carbons (Fsp3) is 0.273. The second kappa shape index (κ2) is 8.96. The van der Waals surface area contributed by atoms with E-state index in [1.54, 1.807) is 21.3 Å². The molecule has 152 valence electrons. The molecule has 0 aliphatic carbocycles. The maximum absolute atomic E-state index is 12.9. The van der Waals surface area contributed by atoms with Crippen LogP contribution in [0.1, 0.15) is 33.9 Å². The summed E-state index contributed by atoms with van der Waals surface area (Å²) in [7, 11) is 4.69. The molecule has 29 heavy (non-hydrogen) atoms. The predicted molar refractivity (Wildman–Crippen MR) is 114 cm³/mol. The molecule has 1 aromatic heterocycles. The zero-order valence-corrected chi connectivity index (χ0v) is 17.9. The Kier molecular flexibility index (Phi) is 6.39. The van der Waals surface area contributed by atoms with Crippen LogP contribution in [-0.2, 0) is 0 Å². The van der Waals surface area contributed by atoms with Crippen LogP contribution in [0.3, 0.4) is 0 Å². The number of amides is 1. The van der Waals surface area contributed by atoms with Gasteiger partial charge in [-0.2, -0.15) is 0 Å². The summed E-state index contributed by atoms with van der Waals surface area (Å²) in [5, 5.41) is 3.87. The van der Waals surface area contributed by atoms with Gasteiger partial charge in [0.2, 0.25) is 5.75 Å². The van der Waals surface area contributed by atoms with Crippen molar-refractivity contribution in [1.82, 2.24) is 10.3 Å². The summed E-state index contributed by atoms with van der Waals surface area (Å²) in [5.41, 5.74) is 2.55. The van der Waals surface area contributed by atoms with Crippen LogP contribution in [0.2, 0.25) is 0 Å². The Morgan fingerprint density at radius 2 is 1.66 bits per heavy atom. The van der Waals surface area contributed by atoms with Crippen LogP contribution in [-0.4, -0.2) is 32.2 Å². The predicted octanol–water partition coefficient (Wildman–Crippen LogP) is 4.64. The fourth-order valence-corrected chi connectivity index (χ4v) is 3.98. The molecule has 0 saturated heterocycles. The summed E-state index contributed by atoms with van der Waals surface area (Å²) < 4.78 is 16.2. The van der Waals surface area contributed by atoms with Crippen LogP contribution in [0, 0.1) is 6.92 Å². The Bertz CT molecular complexity index is 976. The first-order chi connectivity index (χ1) is 14.0. The van der Waals surface area contributed by atoms with Gasteiger partial charge in [-0.15, -0.1) is 11.3 Å². The monoisotopic (exact) mass is 412 g/mol. The Labute approximate surface area is 174 Å². The first-order valence-electron chi connectivity index (χ1n) is 9.12. The third-order valence-electron chi connectivity index (χ3n) is 4.56. The van der Waals surface area contributed by atoms with Gasteiger partial charge in [-0.1, -0.05) is 30.3 Å². The van der Waals surface area contributed by atoms with Gasteiger partial charge in [0.15, 0.2) is 11.5 Å². The normalized spacial score (nSPS) is 11.6. The molecule has 0 aliphatic rings. The molecule has 1 heterocycles. The van der Waals surface area contributed by atoms with Crippen molar-refractivity contribution in [2.45, 2.75) is 19.9 Å². The van der Waals surface area contributed by atoms with Gasteiger partial charge in [-0.25, -0.2) is 4.98 Å². The van der Waals surface area contributed by atoms with E-state index in [1.807, 2.05) is 56.3 Å². The molecule has 1 amide bonds. The van der Waals surface area contributed by atoms with Crippen LogP contribution in [0.25, 0.3) is 10.6 Å². The number of carbonyl (C=O) groups excluding carboxylic acids is 1. The minimum absolute atomic E-state index is 0.163. The lowest BCUT2D eigenvalue weighted by molar-refractivity contribution is 0.0943. The van der Waals surface area contributed by atoms with Gasteiger partial charge in [0.1, 0.15) is 9.88 Å². The zero-order chi connectivity index (χ0) is 21.0. The minimum Gasteiger partial charge on any atom is -0.493 e. The number of rotatable bonds is 7. The molecule has 1 N–H and O–H groups in total. The quantitative estimate of drug-likeness (QED) is 0.612. The van der Waals surface area contributed by atoms with E-state index >= 15 is 0 Å². The average Bonchev–Trinajstić information content (AvgIpc) is 3.14. The largest absolute Gasteiger partial charge is 0.493 e. The molecule has 0 aliphatic heterocycles. The molecule has 7 heteroatoms. The van der Waals surface area contributed by atoms with E-state index in [9.17, 15) is 4.79 Å². The molecular formula is C22H24N2O4S. The van der Waals surface area contributed by atoms with Crippen LogP contribution >= 0.6 is 11.3 Å². The lowest BCUT2D eigenvalue weighted by Crippen LogP contribution is -2.26. The number of methoxy groups -OCH3 is 3. The van der Waals surface area contributed by atoms with Gasteiger partial charge in [-0.05, 0) is 31.5 Å². The summed E-state index contributed by atoms with van der Waals surface area (Å²) in [4.78, 5) is 18.1. The van der Waals surface area contributed by atoms with Crippen molar-refractivity contribution >= 4 is 17.2 Å². The third-order valence-corrected chi connectivity index (χ3v) is 5.76. The number of aromatic nitrogens is 1. The summed E-state index contributed by atoms with van der Waals surface area (Å²) in [6, 6.07) is 13.2. The number of thiazole rings is 1. The average molecular weight is 413 g/mol. The van der Waals surface area contributed by atoms with Gasteiger partial charge in [0.05, 0.1) is 33.1 Å². The van der Waals surface area contributed by atoms with Crippen molar-refractivity contribution in [3.05, 3.63) is 58.6 Å². The van der Waals surface area contributed by atoms with Crippen molar-refractivity contribution in [2.24, 2.45) is 0 Å². The summed E-state index contributed by atoms with van der Waals surface area (Å²) in [5.74, 6) is 1.44. The number of ether oxygens (including phenoxy) is 3. The second-order valence-corrected chi connectivity index (χ2v) is 7.45. The van der Waals surface area contributed by atoms with Crippen molar-refractivity contribution in [3.8, 4) is 27.8 Å². The topological polar surface area (TPSA) is 69.7 Å². The molecule has 0 fully saturated rings. The van der Waals surface area contributed by atoms with E-state index in [1.165, 1.54) is 11.3 Å². The number of nitrogens with one attached hydrogen (secondary N) is 1. The van der Waals surface area contributed by atoms with E-state index in [2.05, 4.69) is 10.3 Å². The van der Waals surface area contributed by atoms with E-state index in [0.29, 0.717) is 27.8 Å². The lowest BCUT2D eigenvalue weighted by Gasteiger charge is -2.18. The SMILES string of the molecule is COc1cc(C(C)NC(=O)c2sc(-c3ccccc3)nc2C)cc(OC)c1OC. The first kappa shape index (κ1) is 20.7. The maximum Gasteiger partial charge on any atom is 0.263 e. The molecule has 0 radical (unpaired) electrons. The minimum atomic E-state index is -0.266. The smallest absolute Gasteiger partial charge is 0.263 e. The molecule has 1 unspecified atom stereocenters. The van der Waals surface area contributed by atoms with E-state index in [4.69, 9.17) is 14.2 Å². The molecule has 3 aromatic rings. The number of carbonyl (C=O) groups is 1. The van der Waals surface area contributed by atoms with Crippen molar-refractivity contribution < 1.29 is 19.0 Å². The van der Waals surface area contributed by atoms with Crippen LogP contribution < -0.4 is 19.5 Å². The Morgan fingerprint density at radius 3 is 2.21 bits per heavy atom. The summed E-state index contributed by atoms with van der Waals surface area (Å²) in [6.07, 6.45) is 0. The molecule has 3 rings (SSSR count). The Hall–Kier alpha value is -3.06. The zero-order valence-electron chi connectivity index (χ0n) is 17.1. The Balaban J connectivity index is 1.84. The molecule has 0 saturated carbocycles. The van der Waals surface area contributed by atoms with Crippen LogP contribution in [0.4, 0.5) is 0 Å². The fourth-order valence-electron chi connectivity index (χ4n) is 3.01. The third kappa shape index (κ3) is 4.35. The van der Waals surface area contributed by atoms with Gasteiger partial charge >= 0.3 is 0 Å². The maximum atomic E-state index is 12.9. The van der Waals surface area contributed by atoms with Crippen LogP contribution in [0.5, 0.6) is 17.2 Å². The first-order valence-corrected chi connectivity index (χ1v) is 9.93. The van der Waals surface area contributed by atoms with Crippen molar-refractivity contribution in [1.29, 1.82) is 0 Å². The van der Waals surface area contributed by atoms with Crippen molar-refractivity contribution in [2.75, 3.05) is 21.3 Å².